The number of benzene rings is 2. The van der Waals surface area contributed by atoms with Gasteiger partial charge in [0.05, 0.1) is 0 Å². The van der Waals surface area contributed by atoms with Gasteiger partial charge in [-0.15, -0.1) is 0 Å². The minimum absolute atomic E-state index is 0.119. The van der Waals surface area contributed by atoms with Crippen molar-refractivity contribution < 1.29 is 24.6 Å². The fraction of sp³-hybridized carbons (Fsp3) is 0.320. The molecule has 4 N–H and O–H groups in total. The Morgan fingerprint density at radius 1 is 1.03 bits per heavy atom. The van der Waals surface area contributed by atoms with E-state index in [1.807, 2.05) is 12.1 Å². The lowest BCUT2D eigenvalue weighted by Gasteiger charge is -2.34. The van der Waals surface area contributed by atoms with Gasteiger partial charge in [0.2, 0.25) is 0 Å². The molecule has 0 saturated carbocycles. The fourth-order valence-corrected chi connectivity index (χ4v) is 3.63. The Balaban J connectivity index is 0.000000414. The molecule has 1 aliphatic rings. The Morgan fingerprint density at radius 2 is 1.70 bits per heavy atom. The molecule has 2 aromatic carbocycles. The lowest BCUT2D eigenvalue weighted by atomic mass is 9.84. The first-order chi connectivity index (χ1) is 15.8. The largest absolute Gasteiger partial charge is 0.478 e. The van der Waals surface area contributed by atoms with Gasteiger partial charge in [0.1, 0.15) is 0 Å². The van der Waals surface area contributed by atoms with Crippen molar-refractivity contribution in [2.24, 2.45) is 0 Å². The van der Waals surface area contributed by atoms with Crippen LogP contribution in [-0.4, -0.2) is 53.2 Å². The summed E-state index contributed by atoms with van der Waals surface area (Å²) in [6, 6.07) is 16.7. The van der Waals surface area contributed by atoms with Crippen LogP contribution in [0.3, 0.4) is 0 Å². The fourth-order valence-electron chi connectivity index (χ4n) is 3.63. The van der Waals surface area contributed by atoms with Gasteiger partial charge in [-0.25, -0.2) is 14.4 Å². The topological polar surface area (TPSA) is 119 Å². The number of rotatable bonds is 7. The summed E-state index contributed by atoms with van der Waals surface area (Å²) >= 11 is 0. The molecule has 2 amide bonds. The van der Waals surface area contributed by atoms with Crippen molar-refractivity contribution in [3.05, 3.63) is 77.4 Å². The molecule has 0 fully saturated rings. The van der Waals surface area contributed by atoms with Crippen LogP contribution in [0.1, 0.15) is 42.4 Å². The van der Waals surface area contributed by atoms with Crippen molar-refractivity contribution in [2.75, 3.05) is 25.5 Å². The normalized spacial score (nSPS) is 15.2. The second kappa shape index (κ2) is 13.0. The zero-order valence-corrected chi connectivity index (χ0v) is 19.0. The number of fused-ring (bicyclic) bond motifs is 1. The Labute approximate surface area is 193 Å². The highest BCUT2D eigenvalue weighted by Crippen LogP contribution is 2.36. The quantitative estimate of drug-likeness (QED) is 0.373. The molecule has 1 heterocycles. The van der Waals surface area contributed by atoms with E-state index < -0.39 is 11.9 Å². The molecule has 8 nitrogen and oxygen atoms in total. The molecule has 2 aromatic rings. The first kappa shape index (κ1) is 25.6. The Kier molecular flexibility index (Phi) is 10.1. The maximum absolute atomic E-state index is 12.2. The second-order valence-corrected chi connectivity index (χ2v) is 7.78. The average molecular weight is 454 g/mol. The van der Waals surface area contributed by atoms with Crippen LogP contribution < -0.4 is 10.6 Å². The van der Waals surface area contributed by atoms with Gasteiger partial charge in [-0.3, -0.25) is 0 Å². The predicted molar refractivity (Wildman–Crippen MR) is 127 cm³/mol. The van der Waals surface area contributed by atoms with Gasteiger partial charge >= 0.3 is 18.0 Å². The third-order valence-electron chi connectivity index (χ3n) is 5.14. The van der Waals surface area contributed by atoms with Crippen molar-refractivity contribution in [3.8, 4) is 0 Å². The van der Waals surface area contributed by atoms with Crippen LogP contribution in [0, 0.1) is 0 Å². The standard InChI is InChI=1S/C21H27N3O.C4H4O4/c1-3-4-13-22-21(25)23-20-12-8-11-17-18(14-24(2)15-19(17)20)16-9-6-5-7-10-16;5-3(6)1-2-4(7)8/h5-12,18H,3-4,13-15H2,1-2H3,(H2,22,23,25);1-2H,(H,5,6)(H,7,8)/b;2-1-. The van der Waals surface area contributed by atoms with Crippen LogP contribution in [0.2, 0.25) is 0 Å². The average Bonchev–Trinajstić information content (AvgIpc) is 2.79. The number of aliphatic carboxylic acids is 2. The van der Waals surface area contributed by atoms with E-state index in [0.29, 0.717) is 24.6 Å². The number of carboxylic acid groups (broad SMARTS) is 2. The number of amides is 2. The summed E-state index contributed by atoms with van der Waals surface area (Å²) in [5.74, 6) is -2.18. The molecule has 1 atom stereocenters. The van der Waals surface area contributed by atoms with Crippen molar-refractivity contribution in [1.82, 2.24) is 10.2 Å². The van der Waals surface area contributed by atoms with Gasteiger partial charge < -0.3 is 25.7 Å². The number of nitrogens with zero attached hydrogens (tertiary/aromatic N) is 1. The SMILES string of the molecule is CCCCNC(=O)Nc1cccc2c1CN(C)CC2c1ccccc1.O=C(O)/C=C\C(=O)O. The van der Waals surface area contributed by atoms with Gasteiger partial charge in [-0.2, -0.15) is 0 Å². The van der Waals surface area contributed by atoms with E-state index >= 15 is 0 Å². The summed E-state index contributed by atoms with van der Waals surface area (Å²) in [7, 11) is 2.14. The van der Waals surface area contributed by atoms with E-state index in [1.54, 1.807) is 0 Å². The Hall–Kier alpha value is -3.65. The van der Waals surface area contributed by atoms with Gasteiger partial charge in [0.25, 0.3) is 0 Å². The van der Waals surface area contributed by atoms with Crippen molar-refractivity contribution >= 4 is 23.7 Å². The third-order valence-corrected chi connectivity index (χ3v) is 5.14. The molecule has 0 spiro atoms. The van der Waals surface area contributed by atoms with Crippen LogP contribution in [0.5, 0.6) is 0 Å². The number of likely N-dealkylation sites (N-methyl/N-ethyl adjacent to an activating group) is 1. The minimum Gasteiger partial charge on any atom is -0.478 e. The molecular formula is C25H31N3O5. The van der Waals surface area contributed by atoms with Crippen LogP contribution in [0.4, 0.5) is 10.5 Å². The molecule has 33 heavy (non-hydrogen) atoms. The van der Waals surface area contributed by atoms with E-state index in [1.165, 1.54) is 16.7 Å². The minimum atomic E-state index is -1.26. The maximum atomic E-state index is 12.2. The molecule has 3 rings (SSSR count). The zero-order chi connectivity index (χ0) is 24.2. The lowest BCUT2D eigenvalue weighted by Crippen LogP contribution is -2.34. The van der Waals surface area contributed by atoms with Crippen molar-refractivity contribution in [1.29, 1.82) is 0 Å². The number of hydrogen-bond donors (Lipinski definition) is 4. The van der Waals surface area contributed by atoms with E-state index in [2.05, 4.69) is 65.9 Å². The molecule has 0 aromatic heterocycles. The second-order valence-electron chi connectivity index (χ2n) is 7.78. The number of hydrogen-bond acceptors (Lipinski definition) is 4. The highest BCUT2D eigenvalue weighted by Gasteiger charge is 2.26. The van der Waals surface area contributed by atoms with Crippen molar-refractivity contribution in [2.45, 2.75) is 32.2 Å². The maximum Gasteiger partial charge on any atom is 0.328 e. The molecule has 0 saturated heterocycles. The first-order valence-electron chi connectivity index (χ1n) is 10.9. The molecule has 8 heteroatoms. The number of carbonyl (C=O) groups is 3. The summed E-state index contributed by atoms with van der Waals surface area (Å²) in [5, 5.41) is 21.6. The highest BCUT2D eigenvalue weighted by molar-refractivity contribution is 5.90. The molecule has 0 radical (unpaired) electrons. The molecular weight excluding hydrogens is 422 g/mol. The van der Waals surface area contributed by atoms with E-state index in [4.69, 9.17) is 10.2 Å². The molecule has 1 aliphatic heterocycles. The van der Waals surface area contributed by atoms with E-state index in [-0.39, 0.29) is 6.03 Å². The third kappa shape index (κ3) is 8.42. The highest BCUT2D eigenvalue weighted by atomic mass is 16.4. The molecule has 0 bridgehead atoms. The summed E-state index contributed by atoms with van der Waals surface area (Å²) in [5.41, 5.74) is 4.77. The number of unbranched alkanes of at least 4 members (excludes halogenated alkanes) is 1. The van der Waals surface area contributed by atoms with Gasteiger partial charge in [0.15, 0.2) is 0 Å². The summed E-state index contributed by atoms with van der Waals surface area (Å²) < 4.78 is 0. The number of urea groups is 1. The van der Waals surface area contributed by atoms with Crippen LogP contribution in [-0.2, 0) is 16.1 Å². The van der Waals surface area contributed by atoms with Crippen LogP contribution >= 0.6 is 0 Å². The van der Waals surface area contributed by atoms with Gasteiger partial charge in [-0.1, -0.05) is 55.8 Å². The number of carboxylic acids is 2. The number of carbonyl (C=O) groups excluding carboxylic acids is 1. The van der Waals surface area contributed by atoms with Crippen LogP contribution in [0.15, 0.2) is 60.7 Å². The van der Waals surface area contributed by atoms with E-state index in [9.17, 15) is 14.4 Å². The lowest BCUT2D eigenvalue weighted by molar-refractivity contribution is -0.134. The Bertz CT molecular complexity index is 959. The first-order valence-corrected chi connectivity index (χ1v) is 10.9. The molecule has 1 unspecified atom stereocenters. The zero-order valence-electron chi connectivity index (χ0n) is 19.0. The molecule has 0 aliphatic carbocycles. The summed E-state index contributed by atoms with van der Waals surface area (Å²) in [6.07, 6.45) is 3.19. The summed E-state index contributed by atoms with van der Waals surface area (Å²) in [6.45, 7) is 4.67. The monoisotopic (exact) mass is 453 g/mol. The summed E-state index contributed by atoms with van der Waals surface area (Å²) in [4.78, 5) is 33.6. The number of anilines is 1. The van der Waals surface area contributed by atoms with Gasteiger partial charge in [-0.05, 0) is 36.2 Å². The van der Waals surface area contributed by atoms with Crippen LogP contribution in [0.25, 0.3) is 0 Å². The smallest absolute Gasteiger partial charge is 0.328 e. The van der Waals surface area contributed by atoms with Gasteiger partial charge in [0, 0.05) is 43.4 Å². The number of nitrogens with one attached hydrogen (secondary N) is 2. The van der Waals surface area contributed by atoms with E-state index in [0.717, 1.165) is 31.6 Å². The van der Waals surface area contributed by atoms with Crippen molar-refractivity contribution in [3.63, 3.8) is 0 Å². The Morgan fingerprint density at radius 3 is 2.30 bits per heavy atom. The molecule has 176 valence electrons. The predicted octanol–water partition coefficient (Wildman–Crippen LogP) is 3.90.